The molecule has 2 heterocycles. The molecule has 0 aliphatic carbocycles. The number of thiazole rings is 1. The summed E-state index contributed by atoms with van der Waals surface area (Å²) in [5.74, 6) is -0.503. The first-order valence-corrected chi connectivity index (χ1v) is 7.34. The van der Waals surface area contributed by atoms with Crippen LogP contribution < -0.4 is 4.90 Å². The number of rotatable bonds is 5. The van der Waals surface area contributed by atoms with Crippen molar-refractivity contribution in [2.24, 2.45) is 11.0 Å². The number of carbonyl (C=O) groups is 2. The predicted octanol–water partition coefficient (Wildman–Crippen LogP) is 2.29. The third-order valence-corrected chi connectivity index (χ3v) is 4.25. The van der Waals surface area contributed by atoms with Crippen LogP contribution in [-0.2, 0) is 9.53 Å². The molecule has 1 aromatic heterocycles. The van der Waals surface area contributed by atoms with Gasteiger partial charge in [-0.2, -0.15) is 0 Å². The number of nitrogens with zero attached hydrogens (tertiary/aromatic N) is 5. The van der Waals surface area contributed by atoms with Crippen LogP contribution in [0.3, 0.4) is 0 Å². The molecule has 0 radical (unpaired) electrons. The van der Waals surface area contributed by atoms with Crippen LogP contribution in [0.2, 0.25) is 0 Å². The van der Waals surface area contributed by atoms with E-state index in [0.29, 0.717) is 35.3 Å². The Bertz CT molecular complexity index is 608. The fourth-order valence-corrected chi connectivity index (χ4v) is 3.11. The normalized spacial score (nSPS) is 17.7. The fourth-order valence-electron chi connectivity index (χ4n) is 2.12. The van der Waals surface area contributed by atoms with Crippen LogP contribution >= 0.6 is 11.3 Å². The van der Waals surface area contributed by atoms with Gasteiger partial charge in [-0.25, -0.2) is 9.78 Å². The van der Waals surface area contributed by atoms with E-state index in [1.807, 2.05) is 0 Å². The number of hydrogen-bond donors (Lipinski definition) is 0. The second-order valence-corrected chi connectivity index (χ2v) is 5.60. The van der Waals surface area contributed by atoms with E-state index in [1.54, 1.807) is 13.8 Å². The van der Waals surface area contributed by atoms with Crippen LogP contribution in [0.15, 0.2) is 5.11 Å². The van der Waals surface area contributed by atoms with E-state index in [2.05, 4.69) is 15.0 Å². The van der Waals surface area contributed by atoms with Gasteiger partial charge in [0, 0.05) is 24.4 Å². The topological polar surface area (TPSA) is 108 Å². The van der Waals surface area contributed by atoms with E-state index < -0.39 is 5.97 Å². The van der Waals surface area contributed by atoms with E-state index in [4.69, 9.17) is 10.3 Å². The van der Waals surface area contributed by atoms with E-state index in [9.17, 15) is 9.59 Å². The Morgan fingerprint density at radius 3 is 3.10 bits per heavy atom. The zero-order valence-corrected chi connectivity index (χ0v) is 12.6. The molecule has 0 spiro atoms. The van der Waals surface area contributed by atoms with Gasteiger partial charge in [0.25, 0.3) is 0 Å². The number of amides is 1. The summed E-state index contributed by atoms with van der Waals surface area (Å²) >= 11 is 1.15. The van der Waals surface area contributed by atoms with Gasteiger partial charge in [-0.1, -0.05) is 16.5 Å². The zero-order chi connectivity index (χ0) is 15.4. The van der Waals surface area contributed by atoms with Gasteiger partial charge < -0.3 is 4.74 Å². The highest BCUT2D eigenvalue weighted by Crippen LogP contribution is 2.31. The van der Waals surface area contributed by atoms with Gasteiger partial charge >= 0.3 is 5.97 Å². The summed E-state index contributed by atoms with van der Waals surface area (Å²) in [4.78, 5) is 32.7. The molecule has 1 aliphatic rings. The summed E-state index contributed by atoms with van der Waals surface area (Å²) in [6.45, 7) is 4.48. The van der Waals surface area contributed by atoms with Gasteiger partial charge in [-0.05, 0) is 25.3 Å². The summed E-state index contributed by atoms with van der Waals surface area (Å²) in [7, 11) is 0. The number of aryl methyl sites for hydroxylation is 1. The molecule has 1 aromatic rings. The largest absolute Gasteiger partial charge is 0.462 e. The minimum Gasteiger partial charge on any atom is -0.462 e. The lowest BCUT2D eigenvalue weighted by Crippen LogP contribution is -2.24. The zero-order valence-electron chi connectivity index (χ0n) is 11.8. The van der Waals surface area contributed by atoms with Crippen molar-refractivity contribution in [3.05, 3.63) is 21.0 Å². The molecule has 21 heavy (non-hydrogen) atoms. The monoisotopic (exact) mass is 309 g/mol. The lowest BCUT2D eigenvalue weighted by atomic mass is 10.1. The minimum absolute atomic E-state index is 0.0105. The molecule has 112 valence electrons. The Hall–Kier alpha value is -2.12. The van der Waals surface area contributed by atoms with E-state index in [1.165, 1.54) is 4.90 Å². The SMILES string of the molecule is CCOC(=O)c1sc(N2CC(CN=[N+]=[N-])CC2=O)nc1C. The first kappa shape index (κ1) is 15.3. The molecule has 1 atom stereocenters. The van der Waals surface area contributed by atoms with Crippen molar-refractivity contribution >= 4 is 28.3 Å². The summed E-state index contributed by atoms with van der Waals surface area (Å²) in [5, 5.41) is 3.99. The van der Waals surface area contributed by atoms with Gasteiger partial charge in [-0.3, -0.25) is 9.69 Å². The standard InChI is InChI=1S/C12H15N5O3S/c1-3-20-11(19)10-7(2)15-12(21-10)17-6-8(4-9(17)18)5-14-16-13/h8H,3-6H2,1-2H3. The Balaban J connectivity index is 2.15. The maximum absolute atomic E-state index is 12.0. The number of hydrogen-bond acceptors (Lipinski definition) is 6. The third kappa shape index (κ3) is 3.32. The van der Waals surface area contributed by atoms with Crippen LogP contribution in [0.1, 0.15) is 28.7 Å². The third-order valence-electron chi connectivity index (χ3n) is 3.09. The van der Waals surface area contributed by atoms with Crippen molar-refractivity contribution in [3.8, 4) is 0 Å². The number of ether oxygens (including phenoxy) is 1. The van der Waals surface area contributed by atoms with E-state index >= 15 is 0 Å². The molecular formula is C12H15N5O3S. The van der Waals surface area contributed by atoms with Crippen LogP contribution in [-0.4, -0.2) is 36.6 Å². The molecule has 0 N–H and O–H groups in total. The number of anilines is 1. The highest BCUT2D eigenvalue weighted by molar-refractivity contribution is 7.17. The second-order valence-electron chi connectivity index (χ2n) is 4.62. The molecule has 8 nitrogen and oxygen atoms in total. The Morgan fingerprint density at radius 2 is 2.43 bits per heavy atom. The molecule has 1 fully saturated rings. The van der Waals surface area contributed by atoms with Crippen molar-refractivity contribution in [2.45, 2.75) is 20.3 Å². The summed E-state index contributed by atoms with van der Waals surface area (Å²) in [5.41, 5.74) is 8.88. The van der Waals surface area contributed by atoms with Crippen molar-refractivity contribution < 1.29 is 14.3 Å². The van der Waals surface area contributed by atoms with Crippen LogP contribution in [0, 0.1) is 12.8 Å². The highest BCUT2D eigenvalue weighted by Gasteiger charge is 2.33. The van der Waals surface area contributed by atoms with Gasteiger partial charge in [-0.15, -0.1) is 0 Å². The Morgan fingerprint density at radius 1 is 1.67 bits per heavy atom. The number of esters is 1. The number of azide groups is 1. The molecule has 0 bridgehead atoms. The van der Waals surface area contributed by atoms with E-state index in [0.717, 1.165) is 11.3 Å². The molecular weight excluding hydrogens is 294 g/mol. The van der Waals surface area contributed by atoms with Crippen molar-refractivity contribution in [1.29, 1.82) is 0 Å². The van der Waals surface area contributed by atoms with Crippen LogP contribution in [0.4, 0.5) is 5.13 Å². The molecule has 2 rings (SSSR count). The molecule has 0 saturated carbocycles. The average Bonchev–Trinajstić information content (AvgIpc) is 3.00. The lowest BCUT2D eigenvalue weighted by molar-refractivity contribution is -0.117. The van der Waals surface area contributed by atoms with Gasteiger partial charge in [0.15, 0.2) is 5.13 Å². The van der Waals surface area contributed by atoms with E-state index in [-0.39, 0.29) is 18.4 Å². The molecule has 1 amide bonds. The molecule has 1 saturated heterocycles. The smallest absolute Gasteiger partial charge is 0.350 e. The first-order chi connectivity index (χ1) is 10.1. The summed E-state index contributed by atoms with van der Waals surface area (Å²) in [6, 6.07) is 0. The molecule has 0 aromatic carbocycles. The summed E-state index contributed by atoms with van der Waals surface area (Å²) < 4.78 is 4.96. The van der Waals surface area contributed by atoms with Gasteiger partial charge in [0.2, 0.25) is 5.91 Å². The van der Waals surface area contributed by atoms with Crippen LogP contribution in [0.5, 0.6) is 0 Å². The van der Waals surface area contributed by atoms with Crippen molar-refractivity contribution in [3.63, 3.8) is 0 Å². The van der Waals surface area contributed by atoms with Gasteiger partial charge in [0.05, 0.1) is 12.3 Å². The van der Waals surface area contributed by atoms with Crippen LogP contribution in [0.25, 0.3) is 10.4 Å². The minimum atomic E-state index is -0.420. The van der Waals surface area contributed by atoms with Crippen molar-refractivity contribution in [1.82, 2.24) is 4.98 Å². The summed E-state index contributed by atoms with van der Waals surface area (Å²) in [6.07, 6.45) is 0.326. The molecule has 1 unspecified atom stereocenters. The Labute approximate surface area is 125 Å². The number of carbonyl (C=O) groups excluding carboxylic acids is 2. The maximum Gasteiger partial charge on any atom is 0.350 e. The first-order valence-electron chi connectivity index (χ1n) is 6.52. The average molecular weight is 309 g/mol. The predicted molar refractivity (Wildman–Crippen MR) is 77.3 cm³/mol. The van der Waals surface area contributed by atoms with Gasteiger partial charge in [0.1, 0.15) is 4.88 Å². The quantitative estimate of drug-likeness (QED) is 0.360. The number of aromatic nitrogens is 1. The maximum atomic E-state index is 12.0. The molecule has 9 heteroatoms. The lowest BCUT2D eigenvalue weighted by Gasteiger charge is -2.11. The van der Waals surface area contributed by atoms with Crippen molar-refractivity contribution in [2.75, 3.05) is 24.6 Å². The Kier molecular flexibility index (Phi) is 4.77. The fraction of sp³-hybridized carbons (Fsp3) is 0.583. The highest BCUT2D eigenvalue weighted by atomic mass is 32.1. The second kappa shape index (κ2) is 6.55. The molecule has 1 aliphatic heterocycles.